The van der Waals surface area contributed by atoms with Crippen LogP contribution in [0.25, 0.3) is 10.9 Å². The maximum atomic E-state index is 11.8. The number of nitrogens with one attached hydrogen (secondary N) is 1. The van der Waals surface area contributed by atoms with Gasteiger partial charge in [-0.25, -0.2) is 4.79 Å². The number of aromatic nitrogens is 1. The average Bonchev–Trinajstić information content (AvgIpc) is 2.73. The molecule has 0 aliphatic rings. The van der Waals surface area contributed by atoms with Crippen molar-refractivity contribution in [2.24, 2.45) is 0 Å². The number of ether oxygens (including phenoxy) is 3. The van der Waals surface area contributed by atoms with E-state index in [9.17, 15) is 10.1 Å². The molecule has 1 N–H and O–H groups in total. The van der Waals surface area contributed by atoms with Gasteiger partial charge in [-0.15, -0.1) is 12.4 Å². The molecule has 0 aliphatic heterocycles. The molecular weight excluding hydrogens is 394 g/mol. The molecule has 0 aliphatic carbocycles. The van der Waals surface area contributed by atoms with Gasteiger partial charge in [0.2, 0.25) is 0 Å². The monoisotopic (exact) mass is 413 g/mol. The van der Waals surface area contributed by atoms with E-state index >= 15 is 0 Å². The average molecular weight is 414 g/mol. The number of pyridine rings is 1. The van der Waals surface area contributed by atoms with Gasteiger partial charge in [0.25, 0.3) is 0 Å². The number of hydrogen-bond donors (Lipinski definition) is 1. The van der Waals surface area contributed by atoms with E-state index in [4.69, 9.17) is 14.2 Å². The Kier molecular flexibility index (Phi) is 7.23. The number of nitrogens with zero attached hydrogens (tertiary/aromatic N) is 2. The first-order chi connectivity index (χ1) is 13.6. The Morgan fingerprint density at radius 3 is 2.38 bits per heavy atom. The second kappa shape index (κ2) is 9.62. The zero-order valence-corrected chi connectivity index (χ0v) is 17.0. The Hall–Kier alpha value is -3.50. The molecule has 1 heterocycles. The molecule has 0 saturated carbocycles. The van der Waals surface area contributed by atoms with Crippen molar-refractivity contribution in [2.45, 2.75) is 6.92 Å². The van der Waals surface area contributed by atoms with Gasteiger partial charge in [0.05, 0.1) is 43.2 Å². The summed E-state index contributed by atoms with van der Waals surface area (Å²) >= 11 is 0. The van der Waals surface area contributed by atoms with Crippen LogP contribution < -0.4 is 14.8 Å². The number of rotatable bonds is 6. The highest BCUT2D eigenvalue weighted by Crippen LogP contribution is 2.36. The minimum absolute atomic E-state index is 0. The molecule has 3 rings (SSSR count). The van der Waals surface area contributed by atoms with Crippen LogP contribution in [0.3, 0.4) is 0 Å². The lowest BCUT2D eigenvalue weighted by Gasteiger charge is -2.14. The van der Waals surface area contributed by atoms with Crippen LogP contribution >= 0.6 is 12.4 Å². The Morgan fingerprint density at radius 2 is 1.79 bits per heavy atom. The van der Waals surface area contributed by atoms with Crippen LogP contribution in [0, 0.1) is 11.3 Å². The highest BCUT2D eigenvalue weighted by atomic mass is 35.5. The first kappa shape index (κ1) is 21.8. The van der Waals surface area contributed by atoms with Crippen LogP contribution in [-0.2, 0) is 4.74 Å². The molecule has 29 heavy (non-hydrogen) atoms. The van der Waals surface area contributed by atoms with Gasteiger partial charge in [-0.2, -0.15) is 5.26 Å². The maximum Gasteiger partial charge on any atom is 0.338 e. The van der Waals surface area contributed by atoms with Crippen molar-refractivity contribution in [1.29, 1.82) is 5.26 Å². The first-order valence-electron chi connectivity index (χ1n) is 8.60. The van der Waals surface area contributed by atoms with Gasteiger partial charge in [-0.1, -0.05) is 0 Å². The van der Waals surface area contributed by atoms with Gasteiger partial charge >= 0.3 is 5.97 Å². The molecule has 0 spiro atoms. The second-order valence-corrected chi connectivity index (χ2v) is 5.81. The van der Waals surface area contributed by atoms with Crippen molar-refractivity contribution in [1.82, 2.24) is 4.98 Å². The van der Waals surface area contributed by atoms with Crippen molar-refractivity contribution in [3.05, 3.63) is 53.7 Å². The minimum atomic E-state index is -0.377. The number of esters is 1. The number of hydrogen-bond acceptors (Lipinski definition) is 7. The van der Waals surface area contributed by atoms with Crippen LogP contribution in [0.2, 0.25) is 0 Å². The molecule has 3 aromatic rings. The molecular formula is C21H20ClN3O4. The molecule has 0 fully saturated rings. The SMILES string of the molecule is CCOC(=O)c1ccc(Nc2c(C#N)cnc3cc(OC)c(OC)cc23)cc1.Cl. The number of halogens is 1. The predicted molar refractivity (Wildman–Crippen MR) is 112 cm³/mol. The molecule has 0 atom stereocenters. The predicted octanol–water partition coefficient (Wildman–Crippen LogP) is 4.47. The van der Waals surface area contributed by atoms with Crippen LogP contribution in [0.4, 0.5) is 11.4 Å². The molecule has 150 valence electrons. The standard InChI is InChI=1S/C21H19N3O4.ClH/c1-4-28-21(25)13-5-7-15(8-6-13)24-20-14(11-22)12-23-17-10-19(27-3)18(26-2)9-16(17)20;/h5-10,12H,4H2,1-3H3,(H,23,24);1H. The molecule has 8 heteroatoms. The highest BCUT2D eigenvalue weighted by molar-refractivity contribution is 5.98. The van der Waals surface area contributed by atoms with Crippen molar-refractivity contribution in [3.63, 3.8) is 0 Å². The number of nitriles is 1. The van der Waals surface area contributed by atoms with Crippen molar-refractivity contribution >= 4 is 40.7 Å². The quantitative estimate of drug-likeness (QED) is 0.596. The van der Waals surface area contributed by atoms with Crippen LogP contribution in [-0.4, -0.2) is 31.8 Å². The van der Waals surface area contributed by atoms with E-state index in [1.54, 1.807) is 57.5 Å². The molecule has 0 unspecified atom stereocenters. The summed E-state index contributed by atoms with van der Waals surface area (Å²) in [4.78, 5) is 16.1. The number of methoxy groups -OCH3 is 2. The number of carbonyl (C=O) groups excluding carboxylic acids is 1. The number of fused-ring (bicyclic) bond motifs is 1. The van der Waals surface area contributed by atoms with Gasteiger partial charge in [-0.05, 0) is 37.3 Å². The number of anilines is 2. The van der Waals surface area contributed by atoms with Gasteiger partial charge in [0.1, 0.15) is 6.07 Å². The summed E-state index contributed by atoms with van der Waals surface area (Å²) in [6, 6.07) is 12.5. The Labute approximate surface area is 174 Å². The fourth-order valence-corrected chi connectivity index (χ4v) is 2.79. The molecule has 0 bridgehead atoms. The Balaban J connectivity index is 0.00000300. The fraction of sp³-hybridized carbons (Fsp3) is 0.190. The minimum Gasteiger partial charge on any atom is -0.493 e. The van der Waals surface area contributed by atoms with E-state index in [1.165, 1.54) is 6.20 Å². The largest absolute Gasteiger partial charge is 0.493 e. The summed E-state index contributed by atoms with van der Waals surface area (Å²) in [6.07, 6.45) is 1.50. The lowest BCUT2D eigenvalue weighted by atomic mass is 10.1. The molecule has 2 aromatic carbocycles. The zero-order valence-electron chi connectivity index (χ0n) is 16.2. The Bertz CT molecular complexity index is 1060. The van der Waals surface area contributed by atoms with Gasteiger partial charge < -0.3 is 19.5 Å². The normalized spacial score (nSPS) is 9.86. The second-order valence-electron chi connectivity index (χ2n) is 5.81. The number of carbonyl (C=O) groups is 1. The topological polar surface area (TPSA) is 93.5 Å². The summed E-state index contributed by atoms with van der Waals surface area (Å²) in [5, 5.41) is 13.5. The molecule has 0 saturated heterocycles. The summed E-state index contributed by atoms with van der Waals surface area (Å²) in [5.74, 6) is 0.711. The third kappa shape index (κ3) is 4.50. The first-order valence-corrected chi connectivity index (χ1v) is 8.60. The van der Waals surface area contributed by atoms with E-state index in [0.717, 1.165) is 0 Å². The molecule has 0 radical (unpaired) electrons. The van der Waals surface area contributed by atoms with Gasteiger partial charge in [0, 0.05) is 23.3 Å². The van der Waals surface area contributed by atoms with Crippen LogP contribution in [0.5, 0.6) is 11.5 Å². The van der Waals surface area contributed by atoms with E-state index < -0.39 is 0 Å². The zero-order chi connectivity index (χ0) is 20.1. The van der Waals surface area contributed by atoms with Crippen molar-refractivity contribution in [3.8, 4) is 17.6 Å². The molecule has 7 nitrogen and oxygen atoms in total. The summed E-state index contributed by atoms with van der Waals surface area (Å²) in [7, 11) is 3.10. The van der Waals surface area contributed by atoms with Crippen LogP contribution in [0.1, 0.15) is 22.8 Å². The smallest absolute Gasteiger partial charge is 0.338 e. The van der Waals surface area contributed by atoms with Gasteiger partial charge in [0.15, 0.2) is 11.5 Å². The lowest BCUT2D eigenvalue weighted by Crippen LogP contribution is -2.04. The summed E-state index contributed by atoms with van der Waals surface area (Å²) in [6.45, 7) is 2.08. The van der Waals surface area contributed by atoms with Crippen LogP contribution in [0.15, 0.2) is 42.6 Å². The van der Waals surface area contributed by atoms with E-state index in [-0.39, 0.29) is 18.4 Å². The summed E-state index contributed by atoms with van der Waals surface area (Å²) in [5.41, 5.74) is 2.81. The van der Waals surface area contributed by atoms with Gasteiger partial charge in [-0.3, -0.25) is 4.98 Å². The van der Waals surface area contributed by atoms with E-state index in [0.29, 0.717) is 51.5 Å². The maximum absolute atomic E-state index is 11.8. The Morgan fingerprint density at radius 1 is 1.14 bits per heavy atom. The highest BCUT2D eigenvalue weighted by Gasteiger charge is 2.14. The van der Waals surface area contributed by atoms with Crippen molar-refractivity contribution < 1.29 is 19.0 Å². The molecule has 1 aromatic heterocycles. The van der Waals surface area contributed by atoms with Crippen molar-refractivity contribution in [2.75, 3.05) is 26.1 Å². The third-order valence-corrected chi connectivity index (χ3v) is 4.16. The van der Waals surface area contributed by atoms with E-state index in [1.807, 2.05) is 0 Å². The number of benzene rings is 2. The molecule has 0 amide bonds. The lowest BCUT2D eigenvalue weighted by molar-refractivity contribution is 0.0526. The third-order valence-electron chi connectivity index (χ3n) is 4.16. The van der Waals surface area contributed by atoms with E-state index in [2.05, 4.69) is 16.4 Å². The summed E-state index contributed by atoms with van der Waals surface area (Å²) < 4.78 is 15.7. The fourth-order valence-electron chi connectivity index (χ4n) is 2.79.